The summed E-state index contributed by atoms with van der Waals surface area (Å²) in [7, 11) is -0.182. The maximum atomic E-state index is 14.0. The second-order valence-electron chi connectivity index (χ2n) is 12.2. The number of phenols is 1. The van der Waals surface area contributed by atoms with Crippen LogP contribution in [-0.2, 0) is 14.3 Å². The molecular formula is C36H37BINO8. The van der Waals surface area contributed by atoms with Crippen LogP contribution in [0.5, 0.6) is 17.2 Å². The van der Waals surface area contributed by atoms with E-state index in [1.54, 1.807) is 12.1 Å². The van der Waals surface area contributed by atoms with Gasteiger partial charge in [0.25, 0.3) is 0 Å². The number of phenolic OH excluding ortho intramolecular Hbond substituents is 1. The maximum Gasteiger partial charge on any atom is 0.488 e. The van der Waals surface area contributed by atoms with Crippen molar-refractivity contribution < 1.29 is 39.0 Å². The van der Waals surface area contributed by atoms with Gasteiger partial charge in [0, 0.05) is 5.92 Å². The Morgan fingerprint density at radius 2 is 1.85 bits per heavy atom. The molecule has 11 heteroatoms. The molecule has 9 nitrogen and oxygen atoms in total. The molecule has 2 heterocycles. The lowest BCUT2D eigenvalue weighted by atomic mass is 9.69. The molecule has 2 fully saturated rings. The number of aromatic hydroxyl groups is 1. The lowest BCUT2D eigenvalue weighted by Crippen LogP contribution is -2.36. The highest BCUT2D eigenvalue weighted by atomic mass is 127. The predicted molar refractivity (Wildman–Crippen MR) is 187 cm³/mol. The van der Waals surface area contributed by atoms with E-state index in [0.29, 0.717) is 34.5 Å². The summed E-state index contributed by atoms with van der Waals surface area (Å²) in [5, 5.41) is 29.7. The summed E-state index contributed by atoms with van der Waals surface area (Å²) in [6.07, 6.45) is 4.56. The van der Waals surface area contributed by atoms with Crippen LogP contribution in [0.25, 0.3) is 6.08 Å². The molecule has 3 aromatic rings. The second-order valence-corrected chi connectivity index (χ2v) is 13.3. The summed E-state index contributed by atoms with van der Waals surface area (Å²) in [5.74, 6) is -0.706. The van der Waals surface area contributed by atoms with Crippen molar-refractivity contribution in [3.8, 4) is 17.2 Å². The van der Waals surface area contributed by atoms with E-state index in [9.17, 15) is 24.7 Å². The molecule has 0 spiro atoms. The Labute approximate surface area is 288 Å². The van der Waals surface area contributed by atoms with Crippen molar-refractivity contribution in [3.63, 3.8) is 0 Å². The fraction of sp³-hybridized carbons (Fsp3) is 0.333. The van der Waals surface area contributed by atoms with E-state index in [0.717, 1.165) is 35.3 Å². The number of methoxy groups -OCH3 is 1. The van der Waals surface area contributed by atoms with Gasteiger partial charge in [-0.05, 0) is 107 Å². The van der Waals surface area contributed by atoms with E-state index >= 15 is 0 Å². The summed E-state index contributed by atoms with van der Waals surface area (Å²) in [4.78, 5) is 29.1. The lowest BCUT2D eigenvalue weighted by Gasteiger charge is -2.31. The zero-order valence-corrected chi connectivity index (χ0v) is 28.4. The Morgan fingerprint density at radius 1 is 1.06 bits per heavy atom. The molecule has 0 unspecified atom stereocenters. The van der Waals surface area contributed by atoms with Gasteiger partial charge in [-0.2, -0.15) is 0 Å². The Balaban J connectivity index is 1.28. The van der Waals surface area contributed by atoms with Crippen LogP contribution in [0, 0.1) is 21.3 Å². The number of allylic oxidation sites excluding steroid dienone is 1. The summed E-state index contributed by atoms with van der Waals surface area (Å²) >= 11 is 2.09. The van der Waals surface area contributed by atoms with Crippen LogP contribution in [0.1, 0.15) is 38.2 Å². The number of halogens is 1. The number of para-hydroxylation sites is 1. The molecule has 0 saturated carbocycles. The summed E-state index contributed by atoms with van der Waals surface area (Å²) in [5.41, 5.74) is 4.73. The first-order chi connectivity index (χ1) is 22.7. The fourth-order valence-corrected chi connectivity index (χ4v) is 7.73. The van der Waals surface area contributed by atoms with Gasteiger partial charge in [0.05, 0.1) is 40.9 Å². The van der Waals surface area contributed by atoms with Gasteiger partial charge in [-0.1, -0.05) is 48.9 Å². The number of anilines is 1. The van der Waals surface area contributed by atoms with Gasteiger partial charge in [-0.15, -0.1) is 0 Å². The molecule has 47 heavy (non-hydrogen) atoms. The molecule has 6 rings (SSSR count). The van der Waals surface area contributed by atoms with Crippen molar-refractivity contribution in [2.75, 3.05) is 25.2 Å². The van der Waals surface area contributed by atoms with Gasteiger partial charge < -0.3 is 29.4 Å². The molecule has 0 bridgehead atoms. The van der Waals surface area contributed by atoms with Crippen LogP contribution in [-0.4, -0.2) is 60.5 Å². The first kappa shape index (κ1) is 33.3. The highest BCUT2D eigenvalue weighted by Gasteiger charge is 2.57. The van der Waals surface area contributed by atoms with Crippen LogP contribution < -0.4 is 19.8 Å². The van der Waals surface area contributed by atoms with Gasteiger partial charge in [0.2, 0.25) is 11.8 Å². The topological polar surface area (TPSA) is 126 Å². The smallest absolute Gasteiger partial charge is 0.488 e. The number of carbonyl (C=O) groups excluding carboxylic acids is 2. The van der Waals surface area contributed by atoms with Crippen LogP contribution in [0.2, 0.25) is 0 Å². The number of nitrogens with zero attached hydrogens (tertiary/aromatic N) is 1. The Kier molecular flexibility index (Phi) is 10.1. The molecule has 3 N–H and O–H groups in total. The molecule has 2 saturated heterocycles. The highest BCUT2D eigenvalue weighted by molar-refractivity contribution is 14.1. The molecule has 4 atom stereocenters. The van der Waals surface area contributed by atoms with Crippen molar-refractivity contribution in [2.24, 2.45) is 17.8 Å². The number of hydrogen-bond donors (Lipinski definition) is 3. The van der Waals surface area contributed by atoms with Crippen LogP contribution in [0.3, 0.4) is 0 Å². The third kappa shape index (κ3) is 6.71. The van der Waals surface area contributed by atoms with Crippen molar-refractivity contribution in [3.05, 3.63) is 92.6 Å². The van der Waals surface area contributed by atoms with Crippen molar-refractivity contribution in [1.29, 1.82) is 0 Å². The Hall–Kier alpha value is -3.65. The molecule has 2 aliphatic heterocycles. The molecular weight excluding hydrogens is 712 g/mol. The van der Waals surface area contributed by atoms with E-state index < -0.39 is 19.0 Å². The number of hydrogen-bond acceptors (Lipinski definition) is 8. The Morgan fingerprint density at radius 3 is 2.57 bits per heavy atom. The maximum absolute atomic E-state index is 14.0. The fourth-order valence-electron chi connectivity index (χ4n) is 7.11. The minimum Gasteiger partial charge on any atom is -0.504 e. The van der Waals surface area contributed by atoms with Gasteiger partial charge in [0.1, 0.15) is 12.4 Å². The molecule has 3 aromatic carbocycles. The summed E-state index contributed by atoms with van der Waals surface area (Å²) in [6.45, 7) is 2.73. The minimum absolute atomic E-state index is 0.124. The molecule has 1 aliphatic carbocycles. The number of ether oxygens (including phenoxy) is 3. The minimum atomic E-state index is -1.72. The van der Waals surface area contributed by atoms with Crippen molar-refractivity contribution in [1.82, 2.24) is 0 Å². The molecule has 0 radical (unpaired) electrons. The number of fused-ring (bicyclic) bond motifs is 3. The van der Waals surface area contributed by atoms with Crippen molar-refractivity contribution in [2.45, 2.75) is 38.7 Å². The monoisotopic (exact) mass is 749 g/mol. The van der Waals surface area contributed by atoms with Crippen LogP contribution >= 0.6 is 22.6 Å². The van der Waals surface area contributed by atoms with Gasteiger partial charge in [0.15, 0.2) is 11.5 Å². The number of imide groups is 1. The molecule has 2 amide bonds. The van der Waals surface area contributed by atoms with Crippen molar-refractivity contribution >= 4 is 58.7 Å². The third-order valence-electron chi connectivity index (χ3n) is 9.41. The van der Waals surface area contributed by atoms with Gasteiger partial charge >= 0.3 is 7.12 Å². The zero-order valence-electron chi connectivity index (χ0n) is 26.3. The number of benzene rings is 3. The summed E-state index contributed by atoms with van der Waals surface area (Å²) < 4.78 is 18.7. The first-order valence-corrected chi connectivity index (χ1v) is 16.9. The molecule has 244 valence electrons. The van der Waals surface area contributed by atoms with E-state index in [2.05, 4.69) is 35.6 Å². The average Bonchev–Trinajstić information content (AvgIpc) is 3.61. The third-order valence-corrected chi connectivity index (χ3v) is 10.2. The SMILES string of the molecule is CC/C(=C\c1cc(I)c(O)c(OC)c1)CC[C@H]1OC[C@H]2C1=C(COc1ccccc1)C[C@H]1C(=O)N(c3cccc(B(O)O)c3)C(=O)[C@H]12. The number of rotatable bonds is 11. The number of amides is 2. The van der Waals surface area contributed by atoms with E-state index in [1.807, 2.05) is 42.5 Å². The lowest BCUT2D eigenvalue weighted by molar-refractivity contribution is -0.122. The number of carbonyl (C=O) groups is 2. The molecule has 0 aromatic heterocycles. The van der Waals surface area contributed by atoms with E-state index in [1.165, 1.54) is 29.7 Å². The zero-order chi connectivity index (χ0) is 33.2. The highest BCUT2D eigenvalue weighted by Crippen LogP contribution is 2.50. The largest absolute Gasteiger partial charge is 0.504 e. The average molecular weight is 749 g/mol. The van der Waals surface area contributed by atoms with E-state index in [-0.39, 0.29) is 41.7 Å². The second kappa shape index (κ2) is 14.2. The predicted octanol–water partition coefficient (Wildman–Crippen LogP) is 4.86. The Bertz CT molecular complexity index is 1730. The standard InChI is InChI=1S/C36H37BINO8/c1-3-21(14-22-15-29(38)34(40)31(16-22)45-2)12-13-30-32-23(19-46-26-10-5-4-6-11-26)17-27-33(28(32)20-47-30)36(42)39(35(27)41)25-9-7-8-24(18-25)37(43)44/h4-11,14-16,18,27-28,30,33,40,43-44H,3,12-13,17,19-20H2,1-2H3/b21-14+/t27-,28+,30-,33-/m1/s1. The van der Waals surface area contributed by atoms with Gasteiger partial charge in [-0.25, -0.2) is 0 Å². The van der Waals surface area contributed by atoms with Gasteiger partial charge in [-0.3, -0.25) is 14.5 Å². The van der Waals surface area contributed by atoms with Crippen LogP contribution in [0.15, 0.2) is 83.4 Å². The quantitative estimate of drug-likeness (QED) is 0.110. The van der Waals surface area contributed by atoms with E-state index in [4.69, 9.17) is 14.2 Å². The molecule has 3 aliphatic rings. The summed E-state index contributed by atoms with van der Waals surface area (Å²) in [6, 6.07) is 19.5. The normalized spacial score (nSPS) is 22.4. The first-order valence-electron chi connectivity index (χ1n) is 15.8. The van der Waals surface area contributed by atoms with Crippen LogP contribution in [0.4, 0.5) is 5.69 Å².